The molecule has 0 fully saturated rings. The van der Waals surface area contributed by atoms with Crippen LogP contribution in [0, 0.1) is 0 Å². The van der Waals surface area contributed by atoms with E-state index in [-0.39, 0.29) is 6.10 Å². The first kappa shape index (κ1) is 19.5. The number of methoxy groups -OCH3 is 1. The third kappa shape index (κ3) is 4.43. The predicted molar refractivity (Wildman–Crippen MR) is 102 cm³/mol. The number of aliphatic hydroxyl groups excluding tert-OH is 1. The second kappa shape index (κ2) is 8.05. The van der Waals surface area contributed by atoms with Crippen LogP contribution in [0.1, 0.15) is 25.3 Å². The number of hydrogen-bond acceptors (Lipinski definition) is 5. The van der Waals surface area contributed by atoms with Crippen LogP contribution in [-0.2, 0) is 9.09 Å². The maximum atomic E-state index is 13.6. The van der Waals surface area contributed by atoms with E-state index in [1.807, 2.05) is 45.0 Å². The van der Waals surface area contributed by atoms with Crippen LogP contribution < -0.4 is 14.9 Å². The van der Waals surface area contributed by atoms with Gasteiger partial charge in [0.2, 0.25) is 0 Å². The Bertz CT molecular complexity index is 726. The minimum absolute atomic E-state index is 0.285. The van der Waals surface area contributed by atoms with Crippen LogP contribution in [-0.4, -0.2) is 32.4 Å². The highest BCUT2D eigenvalue weighted by atomic mass is 31.2. The molecule has 0 spiro atoms. The third-order valence-electron chi connectivity index (χ3n) is 3.83. The summed E-state index contributed by atoms with van der Waals surface area (Å²) in [5.41, 5.74) is 1.51. The second-order valence-corrected chi connectivity index (χ2v) is 8.72. The van der Waals surface area contributed by atoms with Crippen molar-refractivity contribution in [1.29, 1.82) is 0 Å². The average molecular weight is 363 g/mol. The quantitative estimate of drug-likeness (QED) is 0.759. The molecule has 0 unspecified atom stereocenters. The molecule has 136 valence electrons. The Hall–Kier alpha value is -1.81. The Labute approximate surface area is 149 Å². The number of anilines is 1. The normalized spacial score (nSPS) is 14.8. The molecule has 2 aromatic carbocycles. The molecule has 2 atom stereocenters. The molecular weight excluding hydrogens is 337 g/mol. The molecule has 2 aromatic rings. The van der Waals surface area contributed by atoms with Gasteiger partial charge < -0.3 is 19.3 Å². The lowest BCUT2D eigenvalue weighted by atomic mass is 10.2. The summed E-state index contributed by atoms with van der Waals surface area (Å²) >= 11 is 0. The molecule has 0 aliphatic rings. The lowest BCUT2D eigenvalue weighted by Gasteiger charge is -2.27. The fourth-order valence-electron chi connectivity index (χ4n) is 2.50. The van der Waals surface area contributed by atoms with E-state index < -0.39 is 13.2 Å². The molecule has 25 heavy (non-hydrogen) atoms. The first-order valence-corrected chi connectivity index (χ1v) is 9.85. The van der Waals surface area contributed by atoms with Crippen molar-refractivity contribution in [3.63, 3.8) is 0 Å². The Morgan fingerprint density at radius 3 is 2.00 bits per heavy atom. The SMILES string of the molecule is COc1ccc([C@@H](O)[P@@](=O)(OC(C)C)c2ccc(N(C)C)cc2)cc1. The fraction of sp³-hybridized carbons (Fsp3) is 0.368. The van der Waals surface area contributed by atoms with Gasteiger partial charge in [-0.05, 0) is 55.8 Å². The first-order chi connectivity index (χ1) is 11.8. The van der Waals surface area contributed by atoms with Gasteiger partial charge in [-0.25, -0.2) is 0 Å². The minimum atomic E-state index is -3.52. The molecule has 1 N–H and O–H groups in total. The van der Waals surface area contributed by atoms with Crippen molar-refractivity contribution in [3.05, 3.63) is 54.1 Å². The van der Waals surface area contributed by atoms with Gasteiger partial charge in [-0.3, -0.25) is 4.57 Å². The summed E-state index contributed by atoms with van der Waals surface area (Å²) in [7, 11) is 1.93. The van der Waals surface area contributed by atoms with E-state index in [1.165, 1.54) is 0 Å². The van der Waals surface area contributed by atoms with Gasteiger partial charge in [0.1, 0.15) is 5.75 Å². The standard InChI is InChI=1S/C19H26NO4P/c1-14(2)24-25(22,18-12-8-16(9-13-18)20(3)4)19(21)15-6-10-17(23-5)11-7-15/h6-14,19,21H,1-5H3/t19-,25-/m0/s1. The van der Waals surface area contributed by atoms with Gasteiger partial charge in [0, 0.05) is 25.1 Å². The van der Waals surface area contributed by atoms with Crippen molar-refractivity contribution in [2.24, 2.45) is 0 Å². The van der Waals surface area contributed by atoms with Crippen LogP contribution in [0.3, 0.4) is 0 Å². The van der Waals surface area contributed by atoms with Gasteiger partial charge in [-0.1, -0.05) is 12.1 Å². The lowest BCUT2D eigenvalue weighted by molar-refractivity contribution is 0.188. The zero-order chi connectivity index (χ0) is 18.6. The smallest absolute Gasteiger partial charge is 0.264 e. The van der Waals surface area contributed by atoms with E-state index >= 15 is 0 Å². The highest BCUT2D eigenvalue weighted by molar-refractivity contribution is 7.67. The number of ether oxygens (including phenoxy) is 1. The maximum Gasteiger partial charge on any atom is 0.264 e. The Morgan fingerprint density at radius 1 is 1.00 bits per heavy atom. The molecule has 5 nitrogen and oxygen atoms in total. The van der Waals surface area contributed by atoms with Gasteiger partial charge in [0.25, 0.3) is 7.37 Å². The average Bonchev–Trinajstić information content (AvgIpc) is 2.60. The van der Waals surface area contributed by atoms with E-state index in [4.69, 9.17) is 9.26 Å². The molecule has 0 aliphatic carbocycles. The van der Waals surface area contributed by atoms with Gasteiger partial charge >= 0.3 is 0 Å². The summed E-state index contributed by atoms with van der Waals surface area (Å²) in [5.74, 6) is -0.572. The van der Waals surface area contributed by atoms with E-state index in [0.29, 0.717) is 16.6 Å². The molecular formula is C19H26NO4P. The van der Waals surface area contributed by atoms with Gasteiger partial charge in [0.15, 0.2) is 5.85 Å². The Balaban J connectivity index is 2.43. The number of hydrogen-bond donors (Lipinski definition) is 1. The molecule has 2 rings (SSSR count). The van der Waals surface area contributed by atoms with Crippen molar-refractivity contribution in [1.82, 2.24) is 0 Å². The molecule has 0 bridgehead atoms. The van der Waals surface area contributed by atoms with E-state index in [9.17, 15) is 9.67 Å². The predicted octanol–water partition coefficient (Wildman–Crippen LogP) is 3.78. The molecule has 0 radical (unpaired) electrons. The highest BCUT2D eigenvalue weighted by Crippen LogP contribution is 2.58. The summed E-state index contributed by atoms with van der Waals surface area (Å²) in [6.45, 7) is 3.61. The van der Waals surface area contributed by atoms with Crippen LogP contribution in [0.25, 0.3) is 0 Å². The first-order valence-electron chi connectivity index (χ1n) is 8.16. The number of rotatable bonds is 7. The number of benzene rings is 2. The van der Waals surface area contributed by atoms with Crippen molar-refractivity contribution < 1.29 is 18.9 Å². The van der Waals surface area contributed by atoms with Crippen molar-refractivity contribution in [2.45, 2.75) is 25.8 Å². The molecule has 0 saturated heterocycles. The maximum absolute atomic E-state index is 13.6. The molecule has 0 amide bonds. The monoisotopic (exact) mass is 363 g/mol. The van der Waals surface area contributed by atoms with Crippen molar-refractivity contribution in [2.75, 3.05) is 26.1 Å². The van der Waals surface area contributed by atoms with Crippen LogP contribution in [0.4, 0.5) is 5.69 Å². The van der Waals surface area contributed by atoms with Crippen molar-refractivity contribution in [3.8, 4) is 5.75 Å². The number of nitrogens with zero attached hydrogens (tertiary/aromatic N) is 1. The van der Waals surface area contributed by atoms with Gasteiger partial charge in [-0.15, -0.1) is 0 Å². The largest absolute Gasteiger partial charge is 0.497 e. The fourth-order valence-corrected chi connectivity index (χ4v) is 4.78. The zero-order valence-electron chi connectivity index (χ0n) is 15.3. The minimum Gasteiger partial charge on any atom is -0.497 e. The molecule has 0 heterocycles. The Kier molecular flexibility index (Phi) is 6.28. The molecule has 0 aromatic heterocycles. The Morgan fingerprint density at radius 2 is 1.56 bits per heavy atom. The summed E-state index contributed by atoms with van der Waals surface area (Å²) < 4.78 is 24.5. The summed E-state index contributed by atoms with van der Waals surface area (Å²) in [5, 5.41) is 11.3. The topological polar surface area (TPSA) is 59.0 Å². The summed E-state index contributed by atoms with van der Waals surface area (Å²) in [4.78, 5) is 1.96. The second-order valence-electron chi connectivity index (χ2n) is 6.31. The van der Waals surface area contributed by atoms with E-state index in [0.717, 1.165) is 5.69 Å². The number of aliphatic hydroxyl groups is 1. The summed E-state index contributed by atoms with van der Waals surface area (Å²) in [6, 6.07) is 14.1. The van der Waals surface area contributed by atoms with Crippen LogP contribution in [0.15, 0.2) is 48.5 Å². The molecule has 0 aliphatic heterocycles. The molecule has 0 saturated carbocycles. The van der Waals surface area contributed by atoms with Gasteiger partial charge in [0.05, 0.1) is 13.2 Å². The summed E-state index contributed by atoms with van der Waals surface area (Å²) in [6.07, 6.45) is -0.285. The van der Waals surface area contributed by atoms with E-state index in [2.05, 4.69) is 0 Å². The van der Waals surface area contributed by atoms with E-state index in [1.54, 1.807) is 43.5 Å². The van der Waals surface area contributed by atoms with Crippen LogP contribution in [0.2, 0.25) is 0 Å². The van der Waals surface area contributed by atoms with Gasteiger partial charge in [-0.2, -0.15) is 0 Å². The van der Waals surface area contributed by atoms with Crippen LogP contribution in [0.5, 0.6) is 5.75 Å². The third-order valence-corrected chi connectivity index (χ3v) is 6.52. The highest BCUT2D eigenvalue weighted by Gasteiger charge is 2.37. The van der Waals surface area contributed by atoms with Crippen molar-refractivity contribution >= 4 is 18.4 Å². The lowest BCUT2D eigenvalue weighted by Crippen LogP contribution is -2.18. The molecule has 6 heteroatoms. The zero-order valence-corrected chi connectivity index (χ0v) is 16.2. The van der Waals surface area contributed by atoms with Crippen LogP contribution >= 0.6 is 7.37 Å².